The number of unbranched alkanes of at least 4 members (excludes halogenated alkanes) is 3. The quantitative estimate of drug-likeness (QED) is 0.128. The Morgan fingerprint density at radius 3 is 2.08 bits per heavy atom. The highest BCUT2D eigenvalue weighted by Gasteiger charge is 2.41. The number of nitrogens with two attached hydrogens (primary N) is 1. The second-order valence-electron chi connectivity index (χ2n) is 17.0. The Morgan fingerprint density at radius 2 is 1.47 bits per heavy atom. The Labute approximate surface area is 355 Å². The fourth-order valence-electron chi connectivity index (χ4n) is 8.26. The van der Waals surface area contributed by atoms with Crippen LogP contribution in [0.2, 0.25) is 0 Å². The highest BCUT2D eigenvalue weighted by molar-refractivity contribution is 5.96. The molecule has 1 heterocycles. The van der Waals surface area contributed by atoms with Crippen LogP contribution in [0.4, 0.5) is 0 Å². The molecule has 60 heavy (non-hydrogen) atoms. The molecule has 330 valence electrons. The van der Waals surface area contributed by atoms with Crippen LogP contribution in [0, 0.1) is 17.8 Å². The molecule has 0 spiro atoms. The molecule has 0 unspecified atom stereocenters. The van der Waals surface area contributed by atoms with E-state index in [4.69, 9.17) is 10.5 Å². The van der Waals surface area contributed by atoms with Gasteiger partial charge >= 0.3 is 5.97 Å². The first kappa shape index (κ1) is 47.9. The number of amides is 5. The maximum Gasteiger partial charge on any atom is 0.325 e. The minimum Gasteiger partial charge on any atom is -0.460 e. The molecule has 14 heteroatoms. The lowest BCUT2D eigenvalue weighted by molar-refractivity contribution is -0.158. The zero-order valence-corrected chi connectivity index (χ0v) is 36.1. The van der Waals surface area contributed by atoms with E-state index in [0.717, 1.165) is 55.2 Å². The van der Waals surface area contributed by atoms with Gasteiger partial charge in [0.15, 0.2) is 0 Å². The fraction of sp³-hybridized carbons (Fsp3) is 0.609. The third kappa shape index (κ3) is 13.9. The van der Waals surface area contributed by atoms with Crippen molar-refractivity contribution in [3.8, 4) is 11.1 Å². The van der Waals surface area contributed by atoms with Crippen LogP contribution in [0.1, 0.15) is 104 Å². The van der Waals surface area contributed by atoms with E-state index in [2.05, 4.69) is 28.2 Å². The molecule has 4 rings (SSSR count). The second kappa shape index (κ2) is 23.8. The van der Waals surface area contributed by atoms with Crippen molar-refractivity contribution in [2.75, 3.05) is 20.1 Å². The van der Waals surface area contributed by atoms with Crippen LogP contribution in [-0.4, -0.2) is 102 Å². The van der Waals surface area contributed by atoms with E-state index in [1.807, 2.05) is 68.4 Å². The number of carbonyl (C=O) groups excluding carboxylic acids is 6. The Balaban J connectivity index is 1.80. The van der Waals surface area contributed by atoms with Crippen molar-refractivity contribution in [1.29, 1.82) is 0 Å². The number of nitrogens with one attached hydrogen (secondary N) is 4. The molecule has 2 aromatic carbocycles. The van der Waals surface area contributed by atoms with Crippen molar-refractivity contribution in [1.82, 2.24) is 26.2 Å². The highest BCUT2D eigenvalue weighted by Crippen LogP contribution is 2.29. The Morgan fingerprint density at radius 1 is 0.800 bits per heavy atom. The number of aliphatic hydroxyl groups is 1. The molecule has 1 aliphatic heterocycles. The van der Waals surface area contributed by atoms with E-state index < -0.39 is 84.3 Å². The van der Waals surface area contributed by atoms with E-state index >= 15 is 4.79 Å². The predicted octanol–water partition coefficient (Wildman–Crippen LogP) is 3.77. The van der Waals surface area contributed by atoms with E-state index in [9.17, 15) is 29.1 Å². The number of hydrogen-bond acceptors (Lipinski definition) is 9. The van der Waals surface area contributed by atoms with Gasteiger partial charge in [0.1, 0.15) is 36.8 Å². The molecule has 14 nitrogen and oxygen atoms in total. The van der Waals surface area contributed by atoms with Gasteiger partial charge in [-0.15, -0.1) is 0 Å². The van der Waals surface area contributed by atoms with E-state index in [0.29, 0.717) is 25.7 Å². The number of esters is 1. The Hall–Kier alpha value is -4.82. The first-order valence-corrected chi connectivity index (χ1v) is 21.9. The Bertz CT molecular complexity index is 1710. The number of aliphatic hydroxyl groups excluding tert-OH is 1. The van der Waals surface area contributed by atoms with Crippen molar-refractivity contribution >= 4 is 35.5 Å². The van der Waals surface area contributed by atoms with Gasteiger partial charge in [0.05, 0.1) is 12.0 Å². The summed E-state index contributed by atoms with van der Waals surface area (Å²) in [5.41, 5.74) is 8.82. The van der Waals surface area contributed by atoms with Crippen LogP contribution in [-0.2, 0) is 39.9 Å². The van der Waals surface area contributed by atoms with Gasteiger partial charge in [-0.2, -0.15) is 0 Å². The number of ether oxygens (including phenoxy) is 1. The molecule has 7 N–H and O–H groups in total. The lowest BCUT2D eigenvalue weighted by Gasteiger charge is -2.36. The van der Waals surface area contributed by atoms with Crippen LogP contribution >= 0.6 is 0 Å². The first-order chi connectivity index (χ1) is 28.7. The topological polar surface area (TPSA) is 209 Å². The zero-order chi connectivity index (χ0) is 43.8. The summed E-state index contributed by atoms with van der Waals surface area (Å²) in [6, 6.07) is 12.9. The number of cyclic esters (lactones) is 1. The maximum atomic E-state index is 15.1. The van der Waals surface area contributed by atoms with Gasteiger partial charge in [0.25, 0.3) is 0 Å². The van der Waals surface area contributed by atoms with Crippen LogP contribution in [0.5, 0.6) is 0 Å². The molecule has 2 aromatic rings. The van der Waals surface area contributed by atoms with Crippen LogP contribution in [0.15, 0.2) is 54.6 Å². The minimum absolute atomic E-state index is 0.0259. The zero-order valence-electron chi connectivity index (χ0n) is 36.1. The normalized spacial score (nSPS) is 25.2. The lowest BCUT2D eigenvalue weighted by Crippen LogP contribution is -2.62. The number of nitrogens with zero attached hydrogens (tertiary/aromatic N) is 1. The molecule has 0 bridgehead atoms. The molecule has 0 aromatic heterocycles. The summed E-state index contributed by atoms with van der Waals surface area (Å²) in [5, 5.41) is 21.2. The van der Waals surface area contributed by atoms with Gasteiger partial charge < -0.3 is 41.7 Å². The smallest absolute Gasteiger partial charge is 0.325 e. The Kier molecular flexibility index (Phi) is 19.0. The predicted molar refractivity (Wildman–Crippen MR) is 230 cm³/mol. The van der Waals surface area contributed by atoms with E-state index in [1.54, 1.807) is 7.05 Å². The number of benzene rings is 2. The first-order valence-electron chi connectivity index (χ1n) is 21.9. The third-order valence-corrected chi connectivity index (χ3v) is 11.8. The maximum absolute atomic E-state index is 15.1. The van der Waals surface area contributed by atoms with Crippen molar-refractivity contribution < 1.29 is 38.6 Å². The van der Waals surface area contributed by atoms with Crippen molar-refractivity contribution in [2.24, 2.45) is 23.5 Å². The van der Waals surface area contributed by atoms with Crippen LogP contribution in [0.3, 0.4) is 0 Å². The number of hydrogen-bond donors (Lipinski definition) is 6. The van der Waals surface area contributed by atoms with Gasteiger partial charge in [-0.3, -0.25) is 28.8 Å². The molecule has 1 aliphatic carbocycles. The van der Waals surface area contributed by atoms with Gasteiger partial charge in [-0.1, -0.05) is 114 Å². The summed E-state index contributed by atoms with van der Waals surface area (Å²) in [7, 11) is 1.58. The van der Waals surface area contributed by atoms with Gasteiger partial charge in [0.2, 0.25) is 29.5 Å². The molecule has 2 fully saturated rings. The molecule has 1 saturated carbocycles. The van der Waals surface area contributed by atoms with E-state index in [-0.39, 0.29) is 31.2 Å². The van der Waals surface area contributed by atoms with E-state index in [1.165, 1.54) is 11.8 Å². The average molecular weight is 833 g/mol. The molecule has 0 radical (unpaired) electrons. The van der Waals surface area contributed by atoms with Crippen molar-refractivity contribution in [3.63, 3.8) is 0 Å². The number of likely N-dealkylation sites (N-methyl/N-ethyl adjacent to an activating group) is 1. The summed E-state index contributed by atoms with van der Waals surface area (Å²) in [4.78, 5) is 85.8. The van der Waals surface area contributed by atoms with Crippen LogP contribution < -0.4 is 27.0 Å². The molecule has 7 atom stereocenters. The highest BCUT2D eigenvalue weighted by atomic mass is 16.5. The van der Waals surface area contributed by atoms with Gasteiger partial charge in [-0.25, -0.2) is 0 Å². The van der Waals surface area contributed by atoms with Crippen molar-refractivity contribution in [2.45, 2.75) is 141 Å². The molecule has 2 aliphatic rings. The minimum atomic E-state index is -1.50. The molecular formula is C46H68N6O8. The standard InChI is InChI=1S/C46H68N6O8/c1-6-7-8-15-20-38-35(26-31-21-23-33(24-22-31)32-16-11-9-12-17-32)46(59)52(5)37(25-29(2)3)43(56)51-41(34-18-13-10-14-19-34)45(58)49-36(27-47)42(55)50-40(30(4)53)44(57)48-28-39(54)60-38/h9,11-12,16-17,21-24,29-30,34-38,40-41,53H,6-8,10,13-15,18-20,25-28,47H2,1-5H3,(H,48,57)(H,49,58)(H,50,55)(H,51,56)/t30-,35+,36-,37-,38+,40-,41-/m0/s1. The molecule has 5 amide bonds. The summed E-state index contributed by atoms with van der Waals surface area (Å²) >= 11 is 0. The summed E-state index contributed by atoms with van der Waals surface area (Å²) in [6.07, 6.45) is 5.95. The van der Waals surface area contributed by atoms with Gasteiger partial charge in [-0.05, 0) is 74.0 Å². The largest absolute Gasteiger partial charge is 0.460 e. The number of rotatable bonds is 13. The lowest BCUT2D eigenvalue weighted by atomic mass is 9.83. The van der Waals surface area contributed by atoms with Crippen molar-refractivity contribution in [3.05, 3.63) is 60.2 Å². The summed E-state index contributed by atoms with van der Waals surface area (Å²) in [6.45, 7) is 6.35. The SMILES string of the molecule is CCCCCC[C@H]1OC(=O)CNC(=O)[C@H]([C@H](C)O)NC(=O)[C@H](CN)NC(=O)[C@H](C2CCCCC2)NC(=O)[C@H](CC(C)C)N(C)C(=O)[C@@H]1Cc1ccc(-c2ccccc2)cc1. The summed E-state index contributed by atoms with van der Waals surface area (Å²) in [5.74, 6) is -5.20. The number of carbonyl (C=O) groups is 6. The average Bonchev–Trinajstić information content (AvgIpc) is 3.24. The summed E-state index contributed by atoms with van der Waals surface area (Å²) < 4.78 is 6.12. The second-order valence-corrected chi connectivity index (χ2v) is 17.0. The molecule has 1 saturated heterocycles. The third-order valence-electron chi connectivity index (χ3n) is 11.8. The molecular weight excluding hydrogens is 765 g/mol. The van der Waals surface area contributed by atoms with Gasteiger partial charge in [0, 0.05) is 13.6 Å². The fourth-order valence-corrected chi connectivity index (χ4v) is 8.26. The monoisotopic (exact) mass is 833 g/mol. The van der Waals surface area contributed by atoms with Crippen LogP contribution in [0.25, 0.3) is 11.1 Å².